The predicted octanol–water partition coefficient (Wildman–Crippen LogP) is 3.41. The van der Waals surface area contributed by atoms with E-state index in [1.54, 1.807) is 18.5 Å². The summed E-state index contributed by atoms with van der Waals surface area (Å²) >= 11 is 0. The maximum atomic E-state index is 13.8. The van der Waals surface area contributed by atoms with E-state index < -0.39 is 0 Å². The van der Waals surface area contributed by atoms with E-state index in [-0.39, 0.29) is 5.82 Å². The molecule has 4 atom stereocenters. The minimum Gasteiger partial charge on any atom is -0.354 e. The van der Waals surface area contributed by atoms with Gasteiger partial charge in [-0.15, -0.1) is 0 Å². The van der Waals surface area contributed by atoms with E-state index in [0.29, 0.717) is 29.6 Å². The van der Waals surface area contributed by atoms with Gasteiger partial charge in [0.15, 0.2) is 11.5 Å². The fourth-order valence-corrected chi connectivity index (χ4v) is 5.91. The number of nitrogens with zero attached hydrogens (tertiary/aromatic N) is 5. The molecule has 4 heterocycles. The molecule has 3 fully saturated rings. The van der Waals surface area contributed by atoms with Gasteiger partial charge < -0.3 is 4.90 Å². The highest BCUT2D eigenvalue weighted by atomic mass is 19.1. The average molecular weight is 391 g/mol. The first-order valence-electron chi connectivity index (χ1n) is 10.7. The normalized spacial score (nSPS) is 29.2. The molecule has 3 saturated heterocycles. The summed E-state index contributed by atoms with van der Waals surface area (Å²) in [5.41, 5.74) is 1.49. The van der Waals surface area contributed by atoms with Crippen molar-refractivity contribution in [1.29, 1.82) is 5.26 Å². The standard InChI is InChI=1S/C23H26FN5/c24-19-5-3-4-16(10-19)11-22-18-12-17(21-6-1-2-9-29(21)22)14-28(15-18)23-20(13-25)26-7-8-27-23/h3-5,7-8,10,17-18,21-22H,1-2,6,9,11-12,14-15H2/t17-,18+,21+,22+/m1/s1. The zero-order valence-electron chi connectivity index (χ0n) is 16.5. The van der Waals surface area contributed by atoms with Gasteiger partial charge in [-0.2, -0.15) is 5.26 Å². The second-order valence-electron chi connectivity index (χ2n) is 8.70. The highest BCUT2D eigenvalue weighted by molar-refractivity contribution is 5.50. The van der Waals surface area contributed by atoms with Gasteiger partial charge in [0, 0.05) is 37.6 Å². The Bertz CT molecular complexity index is 925. The summed E-state index contributed by atoms with van der Waals surface area (Å²) < 4.78 is 13.8. The molecule has 150 valence electrons. The topological polar surface area (TPSA) is 56.1 Å². The summed E-state index contributed by atoms with van der Waals surface area (Å²) in [5.74, 6) is 1.64. The summed E-state index contributed by atoms with van der Waals surface area (Å²) in [4.78, 5) is 13.7. The van der Waals surface area contributed by atoms with Gasteiger partial charge >= 0.3 is 0 Å². The second kappa shape index (κ2) is 7.72. The number of fused-ring (bicyclic) bond motifs is 4. The third kappa shape index (κ3) is 3.49. The van der Waals surface area contributed by atoms with Crippen molar-refractivity contribution in [1.82, 2.24) is 14.9 Å². The van der Waals surface area contributed by atoms with Crippen LogP contribution in [0.5, 0.6) is 0 Å². The fraction of sp³-hybridized carbons (Fsp3) is 0.522. The molecule has 1 aromatic carbocycles. The van der Waals surface area contributed by atoms with E-state index in [2.05, 4.69) is 25.8 Å². The first-order chi connectivity index (χ1) is 14.2. The van der Waals surface area contributed by atoms with Gasteiger partial charge in [-0.1, -0.05) is 18.6 Å². The van der Waals surface area contributed by atoms with Crippen LogP contribution < -0.4 is 4.90 Å². The zero-order chi connectivity index (χ0) is 19.8. The molecule has 0 unspecified atom stereocenters. The Labute approximate surface area is 171 Å². The Kier molecular flexibility index (Phi) is 4.92. The quantitative estimate of drug-likeness (QED) is 0.803. The van der Waals surface area contributed by atoms with Gasteiger partial charge in [-0.3, -0.25) is 4.90 Å². The lowest BCUT2D eigenvalue weighted by Gasteiger charge is -2.57. The van der Waals surface area contributed by atoms with Gasteiger partial charge in [-0.25, -0.2) is 14.4 Å². The molecular weight excluding hydrogens is 365 g/mol. The molecule has 3 aliphatic heterocycles. The molecule has 2 bridgehead atoms. The lowest BCUT2D eigenvalue weighted by atomic mass is 9.71. The van der Waals surface area contributed by atoms with E-state index in [1.165, 1.54) is 31.7 Å². The van der Waals surface area contributed by atoms with Crippen molar-refractivity contribution in [2.75, 3.05) is 24.5 Å². The van der Waals surface area contributed by atoms with E-state index in [9.17, 15) is 9.65 Å². The second-order valence-corrected chi connectivity index (χ2v) is 8.70. The molecule has 0 aliphatic carbocycles. The molecule has 29 heavy (non-hydrogen) atoms. The smallest absolute Gasteiger partial charge is 0.183 e. The Morgan fingerprint density at radius 1 is 1.14 bits per heavy atom. The zero-order valence-corrected chi connectivity index (χ0v) is 16.5. The number of nitriles is 1. The SMILES string of the molecule is N#Cc1nccnc1N1C[C@H]2C[C@@H](C1)[C@H](Cc1cccc(F)c1)N1CCCC[C@@H]21. The molecule has 0 N–H and O–H groups in total. The Hall–Kier alpha value is -2.52. The van der Waals surface area contributed by atoms with Crippen LogP contribution in [0, 0.1) is 29.0 Å². The summed E-state index contributed by atoms with van der Waals surface area (Å²) in [7, 11) is 0. The Balaban J connectivity index is 1.46. The van der Waals surface area contributed by atoms with E-state index in [0.717, 1.165) is 37.4 Å². The van der Waals surface area contributed by atoms with Gasteiger partial charge in [0.25, 0.3) is 0 Å². The number of hydrogen-bond donors (Lipinski definition) is 0. The number of rotatable bonds is 3. The molecule has 0 radical (unpaired) electrons. The van der Waals surface area contributed by atoms with Gasteiger partial charge in [-0.05, 0) is 61.8 Å². The third-order valence-corrected chi connectivity index (χ3v) is 7.04. The van der Waals surface area contributed by atoms with Crippen LogP contribution in [0.25, 0.3) is 0 Å². The van der Waals surface area contributed by atoms with Crippen molar-refractivity contribution in [2.24, 2.45) is 11.8 Å². The van der Waals surface area contributed by atoms with Crippen molar-refractivity contribution in [2.45, 2.75) is 44.2 Å². The van der Waals surface area contributed by atoms with Crippen molar-refractivity contribution < 1.29 is 4.39 Å². The molecule has 1 aromatic heterocycles. The maximum absolute atomic E-state index is 13.8. The highest BCUT2D eigenvalue weighted by Gasteiger charge is 2.47. The molecule has 0 saturated carbocycles. The van der Waals surface area contributed by atoms with E-state index >= 15 is 0 Å². The molecule has 0 spiro atoms. The average Bonchev–Trinajstić information content (AvgIpc) is 2.76. The number of piperidine rings is 3. The molecular formula is C23H26FN5. The Morgan fingerprint density at radius 3 is 2.86 bits per heavy atom. The van der Waals surface area contributed by atoms with Crippen LogP contribution in [0.1, 0.15) is 36.9 Å². The van der Waals surface area contributed by atoms with Crippen LogP contribution in [-0.2, 0) is 6.42 Å². The summed E-state index contributed by atoms with van der Waals surface area (Å²) in [6.07, 6.45) is 9.12. The summed E-state index contributed by atoms with van der Waals surface area (Å²) in [5, 5.41) is 9.49. The van der Waals surface area contributed by atoms with Crippen LogP contribution >= 0.6 is 0 Å². The predicted molar refractivity (Wildman–Crippen MR) is 109 cm³/mol. The van der Waals surface area contributed by atoms with Gasteiger partial charge in [0.1, 0.15) is 11.9 Å². The third-order valence-electron chi connectivity index (χ3n) is 7.04. The monoisotopic (exact) mass is 391 g/mol. The minimum absolute atomic E-state index is 0.158. The van der Waals surface area contributed by atoms with Crippen molar-refractivity contribution >= 4 is 5.82 Å². The van der Waals surface area contributed by atoms with Gasteiger partial charge in [0.2, 0.25) is 0 Å². The number of aromatic nitrogens is 2. The molecule has 0 amide bonds. The first kappa shape index (κ1) is 18.5. The van der Waals surface area contributed by atoms with Crippen LogP contribution in [0.15, 0.2) is 36.7 Å². The number of hydrogen-bond acceptors (Lipinski definition) is 5. The van der Waals surface area contributed by atoms with E-state index in [4.69, 9.17) is 0 Å². The first-order valence-corrected chi connectivity index (χ1v) is 10.7. The van der Waals surface area contributed by atoms with Crippen molar-refractivity contribution in [3.05, 3.63) is 53.7 Å². The van der Waals surface area contributed by atoms with Crippen LogP contribution in [0.4, 0.5) is 10.2 Å². The summed E-state index contributed by atoms with van der Waals surface area (Å²) in [6.45, 7) is 2.97. The van der Waals surface area contributed by atoms with Crippen molar-refractivity contribution in [3.63, 3.8) is 0 Å². The number of benzene rings is 1. The number of halogens is 1. The van der Waals surface area contributed by atoms with Crippen LogP contribution in [0.2, 0.25) is 0 Å². The van der Waals surface area contributed by atoms with Gasteiger partial charge in [0.05, 0.1) is 0 Å². The summed E-state index contributed by atoms with van der Waals surface area (Å²) in [6, 6.07) is 10.2. The largest absolute Gasteiger partial charge is 0.354 e. The lowest BCUT2D eigenvalue weighted by molar-refractivity contribution is -0.0318. The van der Waals surface area contributed by atoms with E-state index in [1.807, 2.05) is 12.1 Å². The molecule has 2 aromatic rings. The Morgan fingerprint density at radius 2 is 2.00 bits per heavy atom. The molecule has 3 aliphatic rings. The maximum Gasteiger partial charge on any atom is 0.183 e. The van der Waals surface area contributed by atoms with Crippen LogP contribution in [0.3, 0.4) is 0 Å². The van der Waals surface area contributed by atoms with Crippen molar-refractivity contribution in [3.8, 4) is 6.07 Å². The lowest BCUT2D eigenvalue weighted by Crippen LogP contribution is -2.64. The molecule has 6 heteroatoms. The minimum atomic E-state index is -0.158. The fourth-order valence-electron chi connectivity index (χ4n) is 5.91. The van der Waals surface area contributed by atoms with Crippen LogP contribution in [-0.4, -0.2) is 46.6 Å². The molecule has 5 nitrogen and oxygen atoms in total. The molecule has 5 rings (SSSR count). The number of anilines is 1. The highest BCUT2D eigenvalue weighted by Crippen LogP contribution is 2.43.